The van der Waals surface area contributed by atoms with Crippen molar-refractivity contribution in [2.75, 3.05) is 13.2 Å². The summed E-state index contributed by atoms with van der Waals surface area (Å²) in [6.07, 6.45) is -11.7. The Morgan fingerprint density at radius 3 is 2.03 bits per heavy atom. The second-order valence-electron chi connectivity index (χ2n) is 7.87. The molecule has 2 aliphatic rings. The van der Waals surface area contributed by atoms with E-state index in [1.54, 1.807) is 0 Å². The zero-order chi connectivity index (χ0) is 22.4. The topological polar surface area (TPSA) is 186 Å². The van der Waals surface area contributed by atoms with Crippen LogP contribution in [0.3, 0.4) is 0 Å². The number of hydrogen-bond donors (Lipinski definition) is 7. The second-order valence-corrected chi connectivity index (χ2v) is 7.87. The minimum absolute atomic E-state index is 0.134. The number of unbranched alkanes of at least 4 members (excludes halogenated alkanes) is 2. The summed E-state index contributed by atoms with van der Waals surface area (Å²) in [6, 6.07) is 0. The maximum atomic E-state index is 12.1. The molecule has 176 valence electrons. The van der Waals surface area contributed by atoms with Crippen molar-refractivity contribution >= 4 is 5.78 Å². The van der Waals surface area contributed by atoms with E-state index in [0.717, 1.165) is 12.8 Å². The Kier molecular flexibility index (Phi) is 10.0. The van der Waals surface area contributed by atoms with E-state index in [1.165, 1.54) is 0 Å². The molecule has 0 aromatic rings. The van der Waals surface area contributed by atoms with Gasteiger partial charge in [0, 0.05) is 12.8 Å². The SMILES string of the molecule is CCCCCC(=O)C[C@H]1O[C@H](CO)[C@@H](O[C@@H]2O[C@H](CO)[C@H](O)[C@H](O)[C@H]2O)[C@H](O)[C@H]1O. The summed E-state index contributed by atoms with van der Waals surface area (Å²) < 4.78 is 16.3. The Bertz CT molecular complexity index is 529. The predicted molar refractivity (Wildman–Crippen MR) is 100 cm³/mol. The lowest BCUT2D eigenvalue weighted by molar-refractivity contribution is -0.341. The maximum Gasteiger partial charge on any atom is 0.187 e. The summed E-state index contributed by atoms with van der Waals surface area (Å²) in [5.74, 6) is -0.135. The molecule has 0 saturated carbocycles. The molecule has 2 saturated heterocycles. The third kappa shape index (κ3) is 5.94. The molecule has 30 heavy (non-hydrogen) atoms. The fourth-order valence-corrected chi connectivity index (χ4v) is 3.73. The largest absolute Gasteiger partial charge is 0.394 e. The maximum absolute atomic E-state index is 12.1. The Morgan fingerprint density at radius 1 is 0.800 bits per heavy atom. The highest BCUT2D eigenvalue weighted by Gasteiger charge is 2.50. The van der Waals surface area contributed by atoms with Gasteiger partial charge in [-0.3, -0.25) is 4.79 Å². The number of carbonyl (C=O) groups excluding carboxylic acids is 1. The average Bonchev–Trinajstić information content (AvgIpc) is 2.73. The third-order valence-electron chi connectivity index (χ3n) is 5.59. The van der Waals surface area contributed by atoms with Crippen LogP contribution in [-0.4, -0.2) is 116 Å². The van der Waals surface area contributed by atoms with Crippen molar-refractivity contribution in [3.05, 3.63) is 0 Å². The van der Waals surface area contributed by atoms with Gasteiger partial charge in [0.2, 0.25) is 0 Å². The Morgan fingerprint density at radius 2 is 1.43 bits per heavy atom. The Hall–Kier alpha value is -0.730. The lowest BCUT2D eigenvalue weighted by Gasteiger charge is -2.46. The van der Waals surface area contributed by atoms with Crippen LogP contribution in [0.5, 0.6) is 0 Å². The van der Waals surface area contributed by atoms with Crippen molar-refractivity contribution in [1.29, 1.82) is 0 Å². The highest BCUT2D eigenvalue weighted by molar-refractivity contribution is 5.78. The van der Waals surface area contributed by atoms with E-state index in [9.17, 15) is 40.5 Å². The molecule has 0 amide bonds. The highest BCUT2D eigenvalue weighted by Crippen LogP contribution is 2.30. The highest BCUT2D eigenvalue weighted by atomic mass is 16.7. The Labute approximate surface area is 174 Å². The normalized spacial score (nSPS) is 42.3. The van der Waals surface area contributed by atoms with Gasteiger partial charge in [0.1, 0.15) is 54.6 Å². The standard InChI is InChI=1S/C19H34O11/c1-2-3-4-5-9(22)6-10-13(23)16(26)18(12(8-21)28-10)30-19-17(27)15(25)14(24)11(7-20)29-19/h10-21,23-27H,2-8H2,1H3/t10-,11-,12-,13+,14+,15+,16-,17-,18-,19+/m1/s1. The monoisotopic (exact) mass is 438 g/mol. The zero-order valence-corrected chi connectivity index (χ0v) is 17.0. The molecule has 2 rings (SSSR count). The van der Waals surface area contributed by atoms with Crippen LogP contribution in [0.1, 0.15) is 39.0 Å². The number of ether oxygens (including phenoxy) is 3. The van der Waals surface area contributed by atoms with Crippen molar-refractivity contribution in [3.63, 3.8) is 0 Å². The smallest absolute Gasteiger partial charge is 0.187 e. The molecule has 7 N–H and O–H groups in total. The van der Waals surface area contributed by atoms with Crippen LogP contribution >= 0.6 is 0 Å². The lowest BCUT2D eigenvalue weighted by atomic mass is 9.91. The van der Waals surface area contributed by atoms with Gasteiger partial charge < -0.3 is 50.0 Å². The van der Waals surface area contributed by atoms with Gasteiger partial charge in [-0.25, -0.2) is 0 Å². The van der Waals surface area contributed by atoms with E-state index in [1.807, 2.05) is 6.92 Å². The minimum Gasteiger partial charge on any atom is -0.394 e. The van der Waals surface area contributed by atoms with Crippen molar-refractivity contribution in [3.8, 4) is 0 Å². The van der Waals surface area contributed by atoms with Gasteiger partial charge in [0.05, 0.1) is 19.3 Å². The number of carbonyl (C=O) groups is 1. The summed E-state index contributed by atoms with van der Waals surface area (Å²) >= 11 is 0. The summed E-state index contributed by atoms with van der Waals surface area (Å²) in [5.41, 5.74) is 0. The van der Waals surface area contributed by atoms with Gasteiger partial charge in [-0.2, -0.15) is 0 Å². The van der Waals surface area contributed by atoms with Crippen LogP contribution in [0.4, 0.5) is 0 Å². The number of aliphatic hydroxyl groups is 7. The van der Waals surface area contributed by atoms with Gasteiger partial charge in [-0.1, -0.05) is 19.8 Å². The first-order chi connectivity index (χ1) is 14.2. The molecule has 0 aromatic carbocycles. The quantitative estimate of drug-likeness (QED) is 0.175. The van der Waals surface area contributed by atoms with E-state index in [4.69, 9.17) is 14.2 Å². The first-order valence-corrected chi connectivity index (χ1v) is 10.3. The zero-order valence-electron chi connectivity index (χ0n) is 17.0. The number of aliphatic hydroxyl groups excluding tert-OH is 7. The van der Waals surface area contributed by atoms with Crippen molar-refractivity contribution in [2.24, 2.45) is 0 Å². The van der Waals surface area contributed by atoms with Crippen LogP contribution in [-0.2, 0) is 19.0 Å². The van der Waals surface area contributed by atoms with Gasteiger partial charge in [-0.05, 0) is 6.42 Å². The van der Waals surface area contributed by atoms with E-state index >= 15 is 0 Å². The van der Waals surface area contributed by atoms with E-state index in [0.29, 0.717) is 12.8 Å². The van der Waals surface area contributed by atoms with Crippen molar-refractivity contribution in [2.45, 2.75) is 100 Å². The van der Waals surface area contributed by atoms with Gasteiger partial charge >= 0.3 is 0 Å². The molecule has 2 aliphatic heterocycles. The molecule has 0 aromatic heterocycles. The number of Topliss-reactive ketones (excluding diaryl/α,β-unsaturated/α-hetero) is 1. The van der Waals surface area contributed by atoms with Crippen LogP contribution in [0.15, 0.2) is 0 Å². The van der Waals surface area contributed by atoms with Crippen LogP contribution in [0.25, 0.3) is 0 Å². The summed E-state index contributed by atoms with van der Waals surface area (Å²) in [5, 5.41) is 69.7. The molecule has 0 radical (unpaired) electrons. The fourth-order valence-electron chi connectivity index (χ4n) is 3.73. The third-order valence-corrected chi connectivity index (χ3v) is 5.59. The van der Waals surface area contributed by atoms with E-state index in [-0.39, 0.29) is 12.2 Å². The molecule has 2 fully saturated rings. The fraction of sp³-hybridized carbons (Fsp3) is 0.947. The second kappa shape index (κ2) is 11.8. The molecule has 0 spiro atoms. The van der Waals surface area contributed by atoms with Gasteiger partial charge in [0.15, 0.2) is 6.29 Å². The molecule has 0 bridgehead atoms. The predicted octanol–water partition coefficient (Wildman–Crippen LogP) is -2.81. The van der Waals surface area contributed by atoms with Crippen molar-refractivity contribution in [1.82, 2.24) is 0 Å². The molecule has 0 aliphatic carbocycles. The summed E-state index contributed by atoms with van der Waals surface area (Å²) in [6.45, 7) is 0.728. The molecular formula is C19H34O11. The average molecular weight is 438 g/mol. The molecule has 0 unspecified atom stereocenters. The lowest BCUT2D eigenvalue weighted by Crippen LogP contribution is -2.64. The number of ketones is 1. The van der Waals surface area contributed by atoms with Crippen LogP contribution in [0.2, 0.25) is 0 Å². The molecule has 11 heteroatoms. The number of hydrogen-bond acceptors (Lipinski definition) is 11. The van der Waals surface area contributed by atoms with E-state index < -0.39 is 74.4 Å². The van der Waals surface area contributed by atoms with Crippen LogP contribution in [0, 0.1) is 0 Å². The first kappa shape index (κ1) is 25.5. The first-order valence-electron chi connectivity index (χ1n) is 10.3. The van der Waals surface area contributed by atoms with Crippen molar-refractivity contribution < 1.29 is 54.8 Å². The molecule has 11 nitrogen and oxygen atoms in total. The summed E-state index contributed by atoms with van der Waals surface area (Å²) in [4.78, 5) is 12.1. The summed E-state index contributed by atoms with van der Waals surface area (Å²) in [7, 11) is 0. The van der Waals surface area contributed by atoms with Crippen LogP contribution < -0.4 is 0 Å². The van der Waals surface area contributed by atoms with Gasteiger partial charge in [0.25, 0.3) is 0 Å². The van der Waals surface area contributed by atoms with E-state index in [2.05, 4.69) is 0 Å². The molecular weight excluding hydrogens is 404 g/mol. The van der Waals surface area contributed by atoms with Gasteiger partial charge in [-0.15, -0.1) is 0 Å². The molecule has 10 atom stereocenters. The number of rotatable bonds is 10. The minimum atomic E-state index is -1.72. The Balaban J connectivity index is 2.03. The molecule has 2 heterocycles.